The summed E-state index contributed by atoms with van der Waals surface area (Å²) in [5.74, 6) is -0.848. The van der Waals surface area contributed by atoms with E-state index in [0.717, 1.165) is 0 Å². The number of carbonyl (C=O) groups is 2. The summed E-state index contributed by atoms with van der Waals surface area (Å²) in [6.07, 6.45) is 1.22. The molecule has 0 bridgehead atoms. The third kappa shape index (κ3) is 3.18. The van der Waals surface area contributed by atoms with Gasteiger partial charge in [0.05, 0.1) is 16.7 Å². The lowest BCUT2D eigenvalue weighted by Crippen LogP contribution is -2.22. The fraction of sp³-hybridized carbons (Fsp3) is 0.222. The summed E-state index contributed by atoms with van der Waals surface area (Å²) in [6.45, 7) is 1.49. The maximum Gasteiger partial charge on any atom is 0.140 e. The molecule has 0 saturated heterocycles. The van der Waals surface area contributed by atoms with Gasteiger partial charge in [0.25, 0.3) is 0 Å². The van der Waals surface area contributed by atoms with Crippen molar-refractivity contribution in [2.75, 3.05) is 5.75 Å². The topological polar surface area (TPSA) is 70.1 Å². The number of Topliss-reactive ketones (excluding diaryl/α,β-unsaturated/α-hetero) is 1. The first-order valence-electron chi connectivity index (χ1n) is 3.89. The van der Waals surface area contributed by atoms with Crippen molar-refractivity contribution in [2.24, 2.45) is 0 Å². The van der Waals surface area contributed by atoms with E-state index in [1.54, 1.807) is 6.07 Å². The molecule has 4 nitrogen and oxygen atoms in total. The van der Waals surface area contributed by atoms with Gasteiger partial charge in [-0.2, -0.15) is 0 Å². The van der Waals surface area contributed by atoms with Crippen LogP contribution in [0.4, 0.5) is 0 Å². The minimum atomic E-state index is -1.25. The minimum Gasteiger partial charge on any atom is -0.545 e. The summed E-state index contributed by atoms with van der Waals surface area (Å²) < 4.78 is 0. The maximum absolute atomic E-state index is 10.6. The van der Waals surface area contributed by atoms with Gasteiger partial charge in [-0.25, -0.2) is 4.98 Å². The number of pyridine rings is 1. The minimum absolute atomic E-state index is 0.0391. The highest BCUT2D eigenvalue weighted by Gasteiger charge is 1.99. The van der Waals surface area contributed by atoms with Gasteiger partial charge >= 0.3 is 0 Å². The van der Waals surface area contributed by atoms with Crippen molar-refractivity contribution in [3.8, 4) is 0 Å². The Balaban J connectivity index is 2.64. The normalized spacial score (nSPS) is 9.79. The average molecular weight is 210 g/mol. The van der Waals surface area contributed by atoms with E-state index in [0.29, 0.717) is 10.8 Å². The number of ketones is 1. The molecule has 5 heteroatoms. The Hall–Kier alpha value is -1.36. The first kappa shape index (κ1) is 10.7. The van der Waals surface area contributed by atoms with Crippen molar-refractivity contribution in [3.05, 3.63) is 23.9 Å². The fourth-order valence-corrected chi connectivity index (χ4v) is 1.40. The molecular weight excluding hydrogens is 202 g/mol. The molecule has 0 amide bonds. The molecule has 14 heavy (non-hydrogen) atoms. The lowest BCUT2D eigenvalue weighted by Gasteiger charge is -2.02. The van der Waals surface area contributed by atoms with E-state index in [1.807, 2.05) is 0 Å². The van der Waals surface area contributed by atoms with E-state index in [2.05, 4.69) is 4.98 Å². The van der Waals surface area contributed by atoms with Gasteiger partial charge in [-0.05, 0) is 19.1 Å². The summed E-state index contributed by atoms with van der Waals surface area (Å²) in [4.78, 5) is 24.9. The predicted octanol–water partition coefficient (Wildman–Crippen LogP) is 0.126. The van der Waals surface area contributed by atoms with Crippen LogP contribution in [0.1, 0.15) is 17.3 Å². The molecule has 0 radical (unpaired) electrons. The Kier molecular flexibility index (Phi) is 3.64. The molecule has 0 aliphatic carbocycles. The summed E-state index contributed by atoms with van der Waals surface area (Å²) in [5.41, 5.74) is 0.0391. The van der Waals surface area contributed by atoms with Crippen molar-refractivity contribution < 1.29 is 14.7 Å². The molecule has 0 unspecified atom stereocenters. The summed E-state index contributed by atoms with van der Waals surface area (Å²) in [7, 11) is 0. The number of hydrogen-bond acceptors (Lipinski definition) is 5. The quantitative estimate of drug-likeness (QED) is 0.660. The van der Waals surface area contributed by atoms with E-state index < -0.39 is 5.97 Å². The monoisotopic (exact) mass is 210 g/mol. The van der Waals surface area contributed by atoms with Gasteiger partial charge in [0, 0.05) is 11.8 Å². The van der Waals surface area contributed by atoms with Gasteiger partial charge in [0.15, 0.2) is 0 Å². The summed E-state index contributed by atoms with van der Waals surface area (Å²) >= 11 is 1.27. The highest BCUT2D eigenvalue weighted by molar-refractivity contribution is 7.99. The molecule has 0 N–H and O–H groups in total. The molecule has 1 heterocycles. The smallest absolute Gasteiger partial charge is 0.140 e. The number of aromatic nitrogens is 1. The Morgan fingerprint density at radius 2 is 2.21 bits per heavy atom. The van der Waals surface area contributed by atoms with E-state index in [-0.39, 0.29) is 11.3 Å². The maximum atomic E-state index is 10.6. The highest BCUT2D eigenvalue weighted by atomic mass is 32.2. The van der Waals surface area contributed by atoms with E-state index in [9.17, 15) is 14.7 Å². The lowest BCUT2D eigenvalue weighted by molar-refractivity contribution is -0.255. The number of carboxylic acids is 1. The third-order valence-corrected chi connectivity index (χ3v) is 2.48. The van der Waals surface area contributed by atoms with Crippen molar-refractivity contribution >= 4 is 23.5 Å². The first-order chi connectivity index (χ1) is 6.59. The van der Waals surface area contributed by atoms with Crippen LogP contribution in [0.15, 0.2) is 23.4 Å². The largest absolute Gasteiger partial charge is 0.545 e. The third-order valence-electron chi connectivity index (χ3n) is 1.40. The molecular formula is C9H8NO3S-. The van der Waals surface area contributed by atoms with Crippen LogP contribution in [0.2, 0.25) is 0 Å². The Labute approximate surface area is 85.4 Å². The fourth-order valence-electron chi connectivity index (χ4n) is 0.762. The molecule has 1 rings (SSSR count). The van der Waals surface area contributed by atoms with Crippen LogP contribution in [-0.4, -0.2) is 22.5 Å². The number of nitrogens with zero attached hydrogens (tertiary/aromatic N) is 1. The molecule has 74 valence electrons. The number of carboxylic acid groups (broad SMARTS) is 1. The lowest BCUT2D eigenvalue weighted by atomic mass is 10.3. The van der Waals surface area contributed by atoms with Crippen LogP contribution in [-0.2, 0) is 4.79 Å². The second kappa shape index (κ2) is 4.76. The van der Waals surface area contributed by atoms with E-state index >= 15 is 0 Å². The van der Waals surface area contributed by atoms with Crippen molar-refractivity contribution in [1.29, 1.82) is 0 Å². The van der Waals surface area contributed by atoms with Crippen LogP contribution in [0.3, 0.4) is 0 Å². The van der Waals surface area contributed by atoms with Gasteiger partial charge < -0.3 is 9.90 Å². The number of thioether (sulfide) groups is 1. The van der Waals surface area contributed by atoms with Gasteiger partial charge in [0.2, 0.25) is 0 Å². The number of carbonyl (C=O) groups excluding carboxylic acids is 2. The van der Waals surface area contributed by atoms with Crippen LogP contribution in [0.5, 0.6) is 0 Å². The molecule has 0 fully saturated rings. The Morgan fingerprint density at radius 1 is 1.50 bits per heavy atom. The molecule has 1 aromatic rings. The molecule has 0 atom stereocenters. The van der Waals surface area contributed by atoms with Crippen LogP contribution >= 0.6 is 11.8 Å². The first-order valence-corrected chi connectivity index (χ1v) is 4.88. The molecule has 0 aliphatic heterocycles. The SMILES string of the molecule is CC(=O)CSc1ccc(C(=O)[O-])cn1. The van der Waals surface area contributed by atoms with Gasteiger partial charge in [-0.3, -0.25) is 4.79 Å². The Bertz CT molecular complexity index is 348. The highest BCUT2D eigenvalue weighted by Crippen LogP contribution is 2.14. The van der Waals surface area contributed by atoms with Crippen molar-refractivity contribution in [2.45, 2.75) is 11.9 Å². The number of hydrogen-bond donors (Lipinski definition) is 0. The van der Waals surface area contributed by atoms with Gasteiger partial charge in [0.1, 0.15) is 5.78 Å². The van der Waals surface area contributed by atoms with Gasteiger partial charge in [-0.1, -0.05) is 11.8 Å². The number of aromatic carboxylic acids is 1. The summed E-state index contributed by atoms with van der Waals surface area (Å²) in [5, 5.41) is 11.0. The molecule has 0 aliphatic rings. The average Bonchev–Trinajstić information content (AvgIpc) is 2.15. The van der Waals surface area contributed by atoms with Gasteiger partial charge in [-0.15, -0.1) is 0 Å². The Morgan fingerprint density at radius 3 is 2.64 bits per heavy atom. The van der Waals surface area contributed by atoms with Crippen LogP contribution in [0, 0.1) is 0 Å². The predicted molar refractivity (Wildman–Crippen MR) is 50.0 cm³/mol. The zero-order chi connectivity index (χ0) is 10.6. The van der Waals surface area contributed by atoms with Crippen LogP contribution in [0.25, 0.3) is 0 Å². The van der Waals surface area contributed by atoms with Crippen LogP contribution < -0.4 is 5.11 Å². The summed E-state index contributed by atoms with van der Waals surface area (Å²) in [6, 6.07) is 2.96. The van der Waals surface area contributed by atoms with E-state index in [4.69, 9.17) is 0 Å². The molecule has 0 saturated carbocycles. The zero-order valence-corrected chi connectivity index (χ0v) is 8.34. The van der Waals surface area contributed by atoms with E-state index in [1.165, 1.54) is 30.9 Å². The number of rotatable bonds is 4. The zero-order valence-electron chi connectivity index (χ0n) is 7.52. The second-order valence-electron chi connectivity index (χ2n) is 2.66. The molecule has 1 aromatic heterocycles. The van der Waals surface area contributed by atoms with Crippen molar-refractivity contribution in [1.82, 2.24) is 4.98 Å². The molecule has 0 spiro atoms. The second-order valence-corrected chi connectivity index (χ2v) is 3.66. The standard InChI is InChI=1S/C9H9NO3S/c1-6(11)5-14-8-3-2-7(4-10-8)9(12)13/h2-4H,5H2,1H3,(H,12,13)/p-1. The van der Waals surface area contributed by atoms with Crippen molar-refractivity contribution in [3.63, 3.8) is 0 Å². The molecule has 0 aromatic carbocycles.